The van der Waals surface area contributed by atoms with Crippen molar-refractivity contribution >= 4 is 5.78 Å². The summed E-state index contributed by atoms with van der Waals surface area (Å²) in [5, 5.41) is 11.3. The highest BCUT2D eigenvalue weighted by Crippen LogP contribution is 2.66. The van der Waals surface area contributed by atoms with Gasteiger partial charge in [-0.1, -0.05) is 20.8 Å². The Hall–Kier alpha value is -1.00. The average molecular weight is 247 g/mol. The molecule has 0 unspecified atom stereocenters. The number of rotatable bonds is 0. The molecule has 0 amide bonds. The normalized spacial score (nSPS) is 38.7. The van der Waals surface area contributed by atoms with Crippen molar-refractivity contribution in [3.63, 3.8) is 0 Å². The van der Waals surface area contributed by atoms with Gasteiger partial charge in [-0.3, -0.25) is 4.79 Å². The number of hydrogen-bond donors (Lipinski definition) is 0. The molecule has 17 heavy (non-hydrogen) atoms. The Morgan fingerprint density at radius 2 is 1.88 bits per heavy atom. The predicted molar refractivity (Wildman–Crippen MR) is 52.7 cm³/mol. The van der Waals surface area contributed by atoms with Crippen LogP contribution in [0.3, 0.4) is 0 Å². The largest absolute Gasteiger partial charge is 0.869 e. The molecule has 2 rings (SSSR count). The van der Waals surface area contributed by atoms with Crippen LogP contribution in [-0.4, -0.2) is 12.0 Å². The molecule has 5 heteroatoms. The molecule has 0 aliphatic heterocycles. The predicted octanol–water partition coefficient (Wildman–Crippen LogP) is 2.19. The number of carbonyl (C=O) groups is 1. The lowest BCUT2D eigenvalue weighted by molar-refractivity contribution is -0.362. The van der Waals surface area contributed by atoms with Crippen molar-refractivity contribution in [2.75, 3.05) is 0 Å². The maximum absolute atomic E-state index is 12.5. The van der Waals surface area contributed by atoms with Gasteiger partial charge in [0.15, 0.2) is 5.78 Å². The van der Waals surface area contributed by atoms with E-state index in [4.69, 9.17) is 0 Å². The van der Waals surface area contributed by atoms with Crippen molar-refractivity contribution in [1.82, 2.24) is 0 Å². The van der Waals surface area contributed by atoms with Gasteiger partial charge in [-0.25, -0.2) is 0 Å². The number of alkyl halides is 3. The molecule has 2 bridgehead atoms. The Morgan fingerprint density at radius 1 is 1.35 bits per heavy atom. The Kier molecular flexibility index (Phi) is 2.24. The van der Waals surface area contributed by atoms with Gasteiger partial charge in [-0.2, -0.15) is 13.2 Å². The lowest BCUT2D eigenvalue weighted by Gasteiger charge is -2.31. The molecule has 2 aliphatic carbocycles. The third-order valence-electron chi connectivity index (χ3n) is 4.82. The smallest absolute Gasteiger partial charge is 0.402 e. The zero-order valence-electron chi connectivity index (χ0n) is 9.94. The van der Waals surface area contributed by atoms with Crippen LogP contribution < -0.4 is 5.11 Å². The van der Waals surface area contributed by atoms with Gasteiger partial charge in [0.05, 0.1) is 0 Å². The Labute approximate surface area is 97.5 Å². The van der Waals surface area contributed by atoms with Crippen LogP contribution in [0, 0.1) is 16.7 Å². The summed E-state index contributed by atoms with van der Waals surface area (Å²) in [6.45, 7) is 5.23. The zero-order valence-corrected chi connectivity index (χ0v) is 9.94. The van der Waals surface area contributed by atoms with E-state index in [1.54, 1.807) is 20.8 Å². The molecule has 0 heterocycles. The van der Waals surface area contributed by atoms with Crippen molar-refractivity contribution in [3.05, 3.63) is 11.3 Å². The molecule has 2 fully saturated rings. The number of hydrogen-bond acceptors (Lipinski definition) is 2. The lowest BCUT2D eigenvalue weighted by Crippen LogP contribution is -2.34. The summed E-state index contributed by atoms with van der Waals surface area (Å²) in [6, 6.07) is 0. The first kappa shape index (κ1) is 12.5. The fourth-order valence-corrected chi connectivity index (χ4v) is 3.28. The summed E-state index contributed by atoms with van der Waals surface area (Å²) in [4.78, 5) is 12.0. The van der Waals surface area contributed by atoms with Gasteiger partial charge in [0.2, 0.25) is 0 Å². The Balaban J connectivity index is 2.60. The highest BCUT2D eigenvalue weighted by molar-refractivity contribution is 6.05. The van der Waals surface area contributed by atoms with E-state index in [0.29, 0.717) is 12.8 Å². The first-order valence-corrected chi connectivity index (χ1v) is 5.56. The molecular weight excluding hydrogens is 233 g/mol. The zero-order chi connectivity index (χ0) is 13.2. The minimum atomic E-state index is -4.94. The number of carbonyl (C=O) groups excluding carboxylic acids is 1. The van der Waals surface area contributed by atoms with Crippen LogP contribution in [-0.2, 0) is 4.79 Å². The molecule has 0 spiro atoms. The van der Waals surface area contributed by atoms with E-state index in [1.165, 1.54) is 0 Å². The summed E-state index contributed by atoms with van der Waals surface area (Å²) in [6.07, 6.45) is -3.88. The van der Waals surface area contributed by atoms with Crippen molar-refractivity contribution in [2.45, 2.75) is 39.8 Å². The van der Waals surface area contributed by atoms with Crippen LogP contribution in [0.15, 0.2) is 11.3 Å². The van der Waals surface area contributed by atoms with Crippen molar-refractivity contribution in [2.24, 2.45) is 16.7 Å². The highest BCUT2D eigenvalue weighted by atomic mass is 19.4. The summed E-state index contributed by atoms with van der Waals surface area (Å²) < 4.78 is 37.4. The van der Waals surface area contributed by atoms with Crippen molar-refractivity contribution < 1.29 is 23.1 Å². The van der Waals surface area contributed by atoms with E-state index in [1.807, 2.05) is 0 Å². The lowest BCUT2D eigenvalue weighted by atomic mass is 9.70. The number of allylic oxidation sites excluding steroid dienone is 2. The minimum Gasteiger partial charge on any atom is -0.869 e. The number of halogens is 3. The molecule has 2 aliphatic rings. The Bertz CT molecular complexity index is 420. The van der Waals surface area contributed by atoms with E-state index in [0.717, 1.165) is 0 Å². The molecule has 0 aromatic heterocycles. The van der Waals surface area contributed by atoms with E-state index >= 15 is 0 Å². The van der Waals surface area contributed by atoms with Gasteiger partial charge in [-0.15, -0.1) is 0 Å². The van der Waals surface area contributed by atoms with Gasteiger partial charge in [-0.05, 0) is 35.5 Å². The Morgan fingerprint density at radius 3 is 2.24 bits per heavy atom. The minimum absolute atomic E-state index is 0.492. The van der Waals surface area contributed by atoms with Crippen LogP contribution in [0.1, 0.15) is 33.6 Å². The molecule has 96 valence electrons. The maximum Gasteiger partial charge on any atom is 0.402 e. The van der Waals surface area contributed by atoms with E-state index in [-0.39, 0.29) is 0 Å². The summed E-state index contributed by atoms with van der Waals surface area (Å²) in [7, 11) is 0. The molecule has 2 nitrogen and oxygen atoms in total. The van der Waals surface area contributed by atoms with Crippen molar-refractivity contribution in [3.8, 4) is 0 Å². The summed E-state index contributed by atoms with van der Waals surface area (Å²) in [5.41, 5.74) is -1.88. The second-order valence-electron chi connectivity index (χ2n) is 5.71. The molecule has 2 atom stereocenters. The first-order chi connectivity index (χ1) is 7.53. The van der Waals surface area contributed by atoms with Crippen LogP contribution in [0.4, 0.5) is 13.2 Å². The first-order valence-electron chi connectivity index (χ1n) is 5.56. The van der Waals surface area contributed by atoms with Gasteiger partial charge < -0.3 is 5.11 Å². The van der Waals surface area contributed by atoms with Crippen LogP contribution in [0.25, 0.3) is 0 Å². The second kappa shape index (κ2) is 3.06. The fraction of sp³-hybridized carbons (Fsp3) is 0.750. The van der Waals surface area contributed by atoms with Crippen LogP contribution >= 0.6 is 0 Å². The standard InChI is InChI=1S/C12H15F3O2/c1-10(2)6-4-5-11(10,3)8(16)7(6)9(17)12(13,14)15/h6,17H,4-5H2,1-3H3/p-1/b9-7-/t6-,11+/m0/s1. The molecule has 0 N–H and O–H groups in total. The third-order valence-corrected chi connectivity index (χ3v) is 4.82. The summed E-state index contributed by atoms with van der Waals surface area (Å²) >= 11 is 0. The average Bonchev–Trinajstić information content (AvgIpc) is 2.47. The molecule has 0 saturated heterocycles. The van der Waals surface area contributed by atoms with Gasteiger partial charge in [0.25, 0.3) is 0 Å². The molecule has 0 aromatic rings. The van der Waals surface area contributed by atoms with Gasteiger partial charge in [0.1, 0.15) is 0 Å². The fourth-order valence-electron chi connectivity index (χ4n) is 3.28. The summed E-state index contributed by atoms with van der Waals surface area (Å²) in [5.74, 6) is -3.08. The van der Waals surface area contributed by atoms with Crippen LogP contribution in [0.5, 0.6) is 0 Å². The van der Waals surface area contributed by atoms with Gasteiger partial charge >= 0.3 is 6.18 Å². The highest BCUT2D eigenvalue weighted by Gasteiger charge is 2.64. The van der Waals surface area contributed by atoms with E-state index in [9.17, 15) is 23.1 Å². The quantitative estimate of drug-likeness (QED) is 0.486. The second-order valence-corrected chi connectivity index (χ2v) is 5.71. The topological polar surface area (TPSA) is 40.1 Å². The molecule has 0 radical (unpaired) electrons. The number of Topliss-reactive ketones (excluding diaryl/α,β-unsaturated/α-hetero) is 1. The SMILES string of the molecule is CC1(C)[C@H]2CC[C@]1(C)C(=O)/C2=C(\[O-])C(F)(F)F. The molecule has 2 saturated carbocycles. The number of fused-ring (bicyclic) bond motifs is 2. The third kappa shape index (κ3) is 1.31. The van der Waals surface area contributed by atoms with Crippen molar-refractivity contribution in [1.29, 1.82) is 0 Å². The molecule has 0 aromatic carbocycles. The van der Waals surface area contributed by atoms with E-state index < -0.39 is 40.0 Å². The van der Waals surface area contributed by atoms with E-state index in [2.05, 4.69) is 0 Å². The van der Waals surface area contributed by atoms with Crippen LogP contribution in [0.2, 0.25) is 0 Å². The number of ketones is 1. The van der Waals surface area contributed by atoms with Gasteiger partial charge in [0, 0.05) is 5.41 Å². The monoisotopic (exact) mass is 247 g/mol. The maximum atomic E-state index is 12.5. The molecular formula is C12H14F3O2-.